The Kier molecular flexibility index (Phi) is 6.99. The zero-order valence-corrected chi connectivity index (χ0v) is 18.7. The van der Waals surface area contributed by atoms with Gasteiger partial charge in [-0.3, -0.25) is 14.3 Å². The van der Waals surface area contributed by atoms with Gasteiger partial charge in [-0.25, -0.2) is 4.68 Å². The summed E-state index contributed by atoms with van der Waals surface area (Å²) in [6.07, 6.45) is 4.83. The minimum absolute atomic E-state index is 0.134. The zero-order valence-electron chi connectivity index (χ0n) is 17.9. The Morgan fingerprint density at radius 3 is 2.65 bits per heavy atom. The lowest BCUT2D eigenvalue weighted by atomic mass is 10.0. The minimum Gasteiger partial charge on any atom is -0.461 e. The van der Waals surface area contributed by atoms with Gasteiger partial charge in [0.25, 0.3) is 0 Å². The van der Waals surface area contributed by atoms with Gasteiger partial charge in [-0.05, 0) is 56.1 Å². The molecule has 0 aliphatic carbocycles. The molecule has 1 fully saturated rings. The molecule has 0 radical (unpaired) electrons. The Morgan fingerprint density at radius 2 is 1.97 bits per heavy atom. The van der Waals surface area contributed by atoms with Crippen molar-refractivity contribution in [3.8, 4) is 11.6 Å². The fraction of sp³-hybridized carbons (Fsp3) is 0.435. The van der Waals surface area contributed by atoms with Crippen LogP contribution in [0.25, 0.3) is 11.6 Å². The summed E-state index contributed by atoms with van der Waals surface area (Å²) >= 11 is 5.64. The maximum Gasteiger partial charge on any atom is 0.220 e. The van der Waals surface area contributed by atoms with Gasteiger partial charge in [0, 0.05) is 32.1 Å². The second kappa shape index (κ2) is 10.1. The minimum atomic E-state index is 0.134. The summed E-state index contributed by atoms with van der Waals surface area (Å²) in [5.74, 6) is 1.62. The first-order valence-corrected chi connectivity index (χ1v) is 11.3. The van der Waals surface area contributed by atoms with Gasteiger partial charge in [0.1, 0.15) is 0 Å². The van der Waals surface area contributed by atoms with Crippen LogP contribution in [0.4, 0.5) is 0 Å². The molecule has 0 unspecified atom stereocenters. The number of carbonyl (C=O) groups is 1. The van der Waals surface area contributed by atoms with Crippen LogP contribution in [-0.4, -0.2) is 44.3 Å². The van der Waals surface area contributed by atoms with E-state index in [0.717, 1.165) is 50.5 Å². The summed E-state index contributed by atoms with van der Waals surface area (Å²) in [5, 5.41) is 7.91. The van der Waals surface area contributed by atoms with E-state index in [2.05, 4.69) is 29.3 Å². The number of nitrogens with zero attached hydrogens (tertiary/aromatic N) is 4. The number of benzene rings is 1. The van der Waals surface area contributed by atoms with Crippen molar-refractivity contribution in [1.29, 1.82) is 0 Å². The Labute approximate surface area is 187 Å². The second-order valence-corrected chi connectivity index (χ2v) is 8.28. The number of likely N-dealkylation sites (tertiary alicyclic amines) is 1. The van der Waals surface area contributed by atoms with Crippen molar-refractivity contribution in [3.05, 3.63) is 59.1 Å². The maximum absolute atomic E-state index is 12.3. The number of rotatable bonds is 8. The van der Waals surface area contributed by atoms with Crippen LogP contribution in [0.2, 0.25) is 0 Å². The molecular formula is C23H29N5O2S. The molecule has 1 N–H and O–H groups in total. The number of furan rings is 1. The number of amides is 1. The normalized spacial score (nSPS) is 15.3. The van der Waals surface area contributed by atoms with Crippen LogP contribution in [0, 0.1) is 4.77 Å². The van der Waals surface area contributed by atoms with Gasteiger partial charge in [0.2, 0.25) is 5.91 Å². The Morgan fingerprint density at radius 1 is 1.19 bits per heavy atom. The van der Waals surface area contributed by atoms with Crippen molar-refractivity contribution >= 4 is 18.1 Å². The van der Waals surface area contributed by atoms with E-state index in [1.54, 1.807) is 6.26 Å². The van der Waals surface area contributed by atoms with Crippen LogP contribution in [0.5, 0.6) is 0 Å². The van der Waals surface area contributed by atoms with E-state index in [1.165, 1.54) is 5.56 Å². The molecule has 31 heavy (non-hydrogen) atoms. The smallest absolute Gasteiger partial charge is 0.220 e. The van der Waals surface area contributed by atoms with E-state index >= 15 is 0 Å². The van der Waals surface area contributed by atoms with E-state index in [9.17, 15) is 4.79 Å². The van der Waals surface area contributed by atoms with Crippen LogP contribution < -0.4 is 5.32 Å². The third kappa shape index (κ3) is 5.32. The predicted octanol–water partition coefficient (Wildman–Crippen LogP) is 3.86. The fourth-order valence-electron chi connectivity index (χ4n) is 4.02. The van der Waals surface area contributed by atoms with Crippen molar-refractivity contribution in [2.45, 2.75) is 51.9 Å². The molecular weight excluding hydrogens is 410 g/mol. The fourth-order valence-corrected chi connectivity index (χ4v) is 4.33. The molecule has 3 heterocycles. The van der Waals surface area contributed by atoms with Crippen LogP contribution in [0.1, 0.15) is 31.7 Å². The molecule has 0 atom stereocenters. The molecule has 8 heteroatoms. The van der Waals surface area contributed by atoms with Crippen LogP contribution >= 0.6 is 12.2 Å². The quantitative estimate of drug-likeness (QED) is 0.540. The highest BCUT2D eigenvalue weighted by Gasteiger charge is 2.22. The standard InChI is InChI=1S/C23H29N5O2S/c1-2-27-22(20-9-6-16-30-20)25-28(23(27)31)17-26-14-12-19(13-15-26)24-21(29)11-10-18-7-4-3-5-8-18/h3-9,16,19H,2,10-15,17H2,1H3,(H,24,29). The van der Waals surface area contributed by atoms with Crippen LogP contribution in [0.15, 0.2) is 53.1 Å². The molecule has 1 aromatic carbocycles. The van der Waals surface area contributed by atoms with E-state index < -0.39 is 0 Å². The lowest BCUT2D eigenvalue weighted by Crippen LogP contribution is -2.45. The first kappa shape index (κ1) is 21.5. The molecule has 2 aromatic heterocycles. The topological polar surface area (TPSA) is 68.2 Å². The van der Waals surface area contributed by atoms with Gasteiger partial charge in [0.05, 0.1) is 12.9 Å². The van der Waals surface area contributed by atoms with Gasteiger partial charge in [0.15, 0.2) is 16.4 Å². The third-order valence-electron chi connectivity index (χ3n) is 5.75. The van der Waals surface area contributed by atoms with Crippen molar-refractivity contribution in [2.24, 2.45) is 0 Å². The molecule has 0 spiro atoms. The number of piperidine rings is 1. The average molecular weight is 440 g/mol. The number of hydrogen-bond donors (Lipinski definition) is 1. The van der Waals surface area contributed by atoms with E-state index in [1.807, 2.05) is 39.6 Å². The molecule has 1 aliphatic rings. The lowest BCUT2D eigenvalue weighted by Gasteiger charge is -2.32. The van der Waals surface area contributed by atoms with E-state index in [4.69, 9.17) is 21.7 Å². The molecule has 0 bridgehead atoms. The summed E-state index contributed by atoms with van der Waals surface area (Å²) in [7, 11) is 0. The largest absolute Gasteiger partial charge is 0.461 e. The Bertz CT molecular complexity index is 1030. The number of aryl methyl sites for hydroxylation is 1. The van der Waals surface area contributed by atoms with Crippen molar-refractivity contribution in [1.82, 2.24) is 24.6 Å². The Balaban J connectivity index is 1.28. The molecule has 1 saturated heterocycles. The Hall–Kier alpha value is -2.71. The molecule has 4 rings (SSSR count). The van der Waals surface area contributed by atoms with Crippen molar-refractivity contribution < 1.29 is 9.21 Å². The molecule has 164 valence electrons. The van der Waals surface area contributed by atoms with Crippen LogP contribution in [0.3, 0.4) is 0 Å². The molecule has 1 aliphatic heterocycles. The van der Waals surface area contributed by atoms with Gasteiger partial charge in [-0.15, -0.1) is 5.10 Å². The van der Waals surface area contributed by atoms with E-state index in [-0.39, 0.29) is 11.9 Å². The first-order chi connectivity index (χ1) is 15.1. The predicted molar refractivity (Wildman–Crippen MR) is 122 cm³/mol. The average Bonchev–Trinajstić information content (AvgIpc) is 3.43. The molecule has 1 amide bonds. The lowest BCUT2D eigenvalue weighted by molar-refractivity contribution is -0.122. The van der Waals surface area contributed by atoms with Gasteiger partial charge in [-0.2, -0.15) is 0 Å². The summed E-state index contributed by atoms with van der Waals surface area (Å²) in [4.78, 5) is 14.7. The van der Waals surface area contributed by atoms with Gasteiger partial charge < -0.3 is 9.73 Å². The monoisotopic (exact) mass is 439 g/mol. The van der Waals surface area contributed by atoms with Crippen molar-refractivity contribution in [3.63, 3.8) is 0 Å². The van der Waals surface area contributed by atoms with Crippen LogP contribution in [-0.2, 0) is 24.4 Å². The van der Waals surface area contributed by atoms with Crippen molar-refractivity contribution in [2.75, 3.05) is 13.1 Å². The van der Waals surface area contributed by atoms with Gasteiger partial charge >= 0.3 is 0 Å². The number of carbonyl (C=O) groups excluding carboxylic acids is 1. The first-order valence-electron chi connectivity index (χ1n) is 10.9. The number of aromatic nitrogens is 3. The molecule has 7 nitrogen and oxygen atoms in total. The maximum atomic E-state index is 12.3. The SMILES string of the molecule is CCn1c(-c2ccco2)nn(CN2CCC(NC(=O)CCc3ccccc3)CC2)c1=S. The summed E-state index contributed by atoms with van der Waals surface area (Å²) in [5.41, 5.74) is 1.20. The molecule has 0 saturated carbocycles. The van der Waals surface area contributed by atoms with Gasteiger partial charge in [-0.1, -0.05) is 30.3 Å². The highest BCUT2D eigenvalue weighted by atomic mass is 32.1. The van der Waals surface area contributed by atoms with E-state index in [0.29, 0.717) is 17.9 Å². The number of nitrogens with one attached hydrogen (secondary N) is 1. The number of hydrogen-bond acceptors (Lipinski definition) is 5. The third-order valence-corrected chi connectivity index (χ3v) is 6.18. The zero-order chi connectivity index (χ0) is 21.6. The second-order valence-electron chi connectivity index (χ2n) is 7.91. The highest BCUT2D eigenvalue weighted by molar-refractivity contribution is 7.71. The highest BCUT2D eigenvalue weighted by Crippen LogP contribution is 2.20. The summed E-state index contributed by atoms with van der Waals surface area (Å²) in [6.45, 7) is 5.25. The summed E-state index contributed by atoms with van der Waals surface area (Å²) in [6, 6.07) is 14.1. The molecule has 3 aromatic rings. The summed E-state index contributed by atoms with van der Waals surface area (Å²) < 4.78 is 10.1.